The Hall–Kier alpha value is -1.44. The molecule has 122 valence electrons. The van der Waals surface area contributed by atoms with Crippen molar-refractivity contribution < 1.29 is 23.1 Å². The maximum Gasteiger partial charge on any atom is 0.306 e. The summed E-state index contributed by atoms with van der Waals surface area (Å²) < 4.78 is 32.0. The van der Waals surface area contributed by atoms with Gasteiger partial charge in [-0.15, -0.1) is 0 Å². The minimum Gasteiger partial charge on any atom is -0.481 e. The lowest BCUT2D eigenvalue weighted by Crippen LogP contribution is -2.49. The van der Waals surface area contributed by atoms with Gasteiger partial charge in [-0.25, -0.2) is 8.42 Å². The van der Waals surface area contributed by atoms with Crippen molar-refractivity contribution in [2.45, 2.75) is 30.7 Å². The van der Waals surface area contributed by atoms with Gasteiger partial charge in [-0.05, 0) is 31.9 Å². The molecule has 2 atom stereocenters. The molecule has 6 nitrogen and oxygen atoms in total. The van der Waals surface area contributed by atoms with E-state index in [4.69, 9.17) is 9.84 Å². The van der Waals surface area contributed by atoms with Crippen LogP contribution in [0.25, 0.3) is 0 Å². The Bertz CT molecular complexity index is 626. The van der Waals surface area contributed by atoms with Crippen LogP contribution in [0.15, 0.2) is 29.2 Å². The van der Waals surface area contributed by atoms with Gasteiger partial charge in [0.15, 0.2) is 0 Å². The predicted molar refractivity (Wildman–Crippen MR) is 81.1 cm³/mol. The number of nitrogens with zero attached hydrogens (tertiary/aromatic N) is 1. The molecule has 1 saturated heterocycles. The van der Waals surface area contributed by atoms with Crippen LogP contribution in [-0.4, -0.2) is 50.1 Å². The highest BCUT2D eigenvalue weighted by Gasteiger charge is 2.38. The third kappa shape index (κ3) is 3.48. The Balaban J connectivity index is 2.28. The van der Waals surface area contributed by atoms with Crippen LogP contribution in [0.5, 0.6) is 0 Å². The SMILES string of the molecule is COCC1CC(C(=O)O)CCN1S(=O)(=O)c1ccc(C)cc1. The normalized spacial score (nSPS) is 23.4. The van der Waals surface area contributed by atoms with E-state index in [1.165, 1.54) is 11.4 Å². The number of rotatable bonds is 5. The van der Waals surface area contributed by atoms with Crippen molar-refractivity contribution in [3.05, 3.63) is 29.8 Å². The summed E-state index contributed by atoms with van der Waals surface area (Å²) in [6.07, 6.45) is 0.592. The first kappa shape index (κ1) is 16.9. The first-order valence-corrected chi connectivity index (χ1v) is 8.60. The summed E-state index contributed by atoms with van der Waals surface area (Å²) in [7, 11) is -2.15. The largest absolute Gasteiger partial charge is 0.481 e. The molecule has 0 amide bonds. The summed E-state index contributed by atoms with van der Waals surface area (Å²) in [5.41, 5.74) is 0.983. The van der Waals surface area contributed by atoms with Crippen LogP contribution in [0.3, 0.4) is 0 Å². The maximum atomic E-state index is 12.8. The number of methoxy groups -OCH3 is 1. The van der Waals surface area contributed by atoms with Crippen LogP contribution in [0, 0.1) is 12.8 Å². The second kappa shape index (κ2) is 6.76. The van der Waals surface area contributed by atoms with E-state index in [2.05, 4.69) is 0 Å². The first-order chi connectivity index (χ1) is 10.4. The van der Waals surface area contributed by atoms with Crippen molar-refractivity contribution in [2.24, 2.45) is 5.92 Å². The number of hydrogen-bond donors (Lipinski definition) is 1. The van der Waals surface area contributed by atoms with Gasteiger partial charge in [-0.3, -0.25) is 4.79 Å². The molecule has 0 aliphatic carbocycles. The van der Waals surface area contributed by atoms with Crippen LogP contribution in [0.4, 0.5) is 0 Å². The Kier molecular flexibility index (Phi) is 5.20. The van der Waals surface area contributed by atoms with Gasteiger partial charge in [0, 0.05) is 19.7 Å². The number of aryl methyl sites for hydroxylation is 1. The van der Waals surface area contributed by atoms with Crippen molar-refractivity contribution in [3.8, 4) is 0 Å². The number of benzene rings is 1. The van der Waals surface area contributed by atoms with Gasteiger partial charge >= 0.3 is 5.97 Å². The molecule has 1 fully saturated rings. The number of aliphatic carboxylic acids is 1. The van der Waals surface area contributed by atoms with E-state index in [0.29, 0.717) is 6.42 Å². The third-order valence-electron chi connectivity index (χ3n) is 4.00. The molecule has 1 heterocycles. The molecule has 0 spiro atoms. The van der Waals surface area contributed by atoms with Crippen LogP contribution in [0.1, 0.15) is 18.4 Å². The standard InChI is InChI=1S/C15H21NO5S/c1-11-3-5-14(6-4-11)22(19,20)16-8-7-12(15(17)18)9-13(16)10-21-2/h3-6,12-13H,7-10H2,1-2H3,(H,17,18). The third-order valence-corrected chi connectivity index (χ3v) is 5.96. The Morgan fingerprint density at radius 3 is 2.55 bits per heavy atom. The number of carboxylic acids is 1. The van der Waals surface area contributed by atoms with Crippen molar-refractivity contribution >= 4 is 16.0 Å². The zero-order valence-corrected chi connectivity index (χ0v) is 13.5. The topological polar surface area (TPSA) is 83.9 Å². The predicted octanol–water partition coefficient (Wildman–Crippen LogP) is 1.50. The van der Waals surface area contributed by atoms with E-state index in [1.54, 1.807) is 24.3 Å². The minimum absolute atomic E-state index is 0.189. The molecule has 0 radical (unpaired) electrons. The number of sulfonamides is 1. The summed E-state index contributed by atoms with van der Waals surface area (Å²) >= 11 is 0. The smallest absolute Gasteiger partial charge is 0.306 e. The molecule has 1 aromatic carbocycles. The fourth-order valence-electron chi connectivity index (χ4n) is 2.76. The van der Waals surface area contributed by atoms with Crippen LogP contribution >= 0.6 is 0 Å². The summed E-state index contributed by atoms with van der Waals surface area (Å²) in [6, 6.07) is 6.21. The Morgan fingerprint density at radius 2 is 2.00 bits per heavy atom. The lowest BCUT2D eigenvalue weighted by Gasteiger charge is -2.36. The van der Waals surface area contributed by atoms with E-state index in [9.17, 15) is 13.2 Å². The molecular weight excluding hydrogens is 306 g/mol. The van der Waals surface area contributed by atoms with Gasteiger partial charge < -0.3 is 9.84 Å². The van der Waals surface area contributed by atoms with Gasteiger partial charge in [0.2, 0.25) is 10.0 Å². The quantitative estimate of drug-likeness (QED) is 0.886. The molecule has 1 N–H and O–H groups in total. The van der Waals surface area contributed by atoms with Crippen molar-refractivity contribution in [3.63, 3.8) is 0 Å². The monoisotopic (exact) mass is 327 g/mol. The Labute approximate surface area is 130 Å². The molecule has 1 aromatic rings. The fraction of sp³-hybridized carbons (Fsp3) is 0.533. The maximum absolute atomic E-state index is 12.8. The van der Waals surface area contributed by atoms with E-state index in [1.807, 2.05) is 6.92 Å². The molecule has 0 aromatic heterocycles. The van der Waals surface area contributed by atoms with Gasteiger partial charge in [-0.2, -0.15) is 4.31 Å². The van der Waals surface area contributed by atoms with Crippen LogP contribution < -0.4 is 0 Å². The molecule has 0 bridgehead atoms. The molecule has 22 heavy (non-hydrogen) atoms. The molecular formula is C15H21NO5S. The second-order valence-electron chi connectivity index (χ2n) is 5.60. The molecule has 2 unspecified atom stereocenters. The van der Waals surface area contributed by atoms with Gasteiger partial charge in [-0.1, -0.05) is 17.7 Å². The number of carbonyl (C=O) groups is 1. The molecule has 7 heteroatoms. The highest BCUT2D eigenvalue weighted by atomic mass is 32.2. The highest BCUT2D eigenvalue weighted by molar-refractivity contribution is 7.89. The number of carboxylic acid groups (broad SMARTS) is 1. The average molecular weight is 327 g/mol. The fourth-order valence-corrected chi connectivity index (χ4v) is 4.40. The van der Waals surface area contributed by atoms with E-state index in [-0.39, 0.29) is 24.5 Å². The minimum atomic E-state index is -3.64. The molecule has 1 aliphatic rings. The van der Waals surface area contributed by atoms with Gasteiger partial charge in [0.05, 0.1) is 17.4 Å². The zero-order chi connectivity index (χ0) is 16.3. The number of ether oxygens (including phenoxy) is 1. The van der Waals surface area contributed by atoms with Gasteiger partial charge in [0.25, 0.3) is 0 Å². The van der Waals surface area contributed by atoms with E-state index >= 15 is 0 Å². The van der Waals surface area contributed by atoms with Gasteiger partial charge in [0.1, 0.15) is 0 Å². The van der Waals surface area contributed by atoms with Crippen molar-refractivity contribution in [1.29, 1.82) is 0 Å². The lowest BCUT2D eigenvalue weighted by atomic mass is 9.93. The molecule has 0 saturated carbocycles. The first-order valence-electron chi connectivity index (χ1n) is 7.16. The summed E-state index contributed by atoms with van der Waals surface area (Å²) in [4.78, 5) is 11.4. The molecule has 1 aliphatic heterocycles. The van der Waals surface area contributed by atoms with E-state index in [0.717, 1.165) is 5.56 Å². The highest BCUT2D eigenvalue weighted by Crippen LogP contribution is 2.29. The summed E-state index contributed by atoms with van der Waals surface area (Å²) in [6.45, 7) is 2.28. The van der Waals surface area contributed by atoms with Crippen LogP contribution in [0.2, 0.25) is 0 Å². The van der Waals surface area contributed by atoms with Crippen molar-refractivity contribution in [2.75, 3.05) is 20.3 Å². The lowest BCUT2D eigenvalue weighted by molar-refractivity contribution is -0.143. The summed E-state index contributed by atoms with van der Waals surface area (Å²) in [5.74, 6) is -1.40. The number of piperidine rings is 1. The molecule has 2 rings (SSSR count). The van der Waals surface area contributed by atoms with Crippen molar-refractivity contribution in [1.82, 2.24) is 4.31 Å². The Morgan fingerprint density at radius 1 is 1.36 bits per heavy atom. The zero-order valence-electron chi connectivity index (χ0n) is 12.7. The van der Waals surface area contributed by atoms with E-state index < -0.39 is 28.0 Å². The second-order valence-corrected chi connectivity index (χ2v) is 7.49. The number of hydrogen-bond acceptors (Lipinski definition) is 4. The van der Waals surface area contributed by atoms with Crippen LogP contribution in [-0.2, 0) is 19.6 Å². The average Bonchev–Trinajstić information content (AvgIpc) is 2.47. The summed E-state index contributed by atoms with van der Waals surface area (Å²) in [5, 5.41) is 9.15.